The molecule has 0 saturated heterocycles. The Morgan fingerprint density at radius 2 is 2.22 bits per heavy atom. The number of fused-ring (bicyclic) bond motifs is 1. The van der Waals surface area contributed by atoms with Gasteiger partial charge in [-0.25, -0.2) is 9.50 Å². The van der Waals surface area contributed by atoms with Crippen LogP contribution in [0, 0.1) is 0 Å². The average Bonchev–Trinajstić information content (AvgIpc) is 2.77. The van der Waals surface area contributed by atoms with E-state index >= 15 is 0 Å². The first-order valence-electron chi connectivity index (χ1n) is 6.51. The van der Waals surface area contributed by atoms with Gasteiger partial charge in [-0.1, -0.05) is 13.3 Å². The Bertz CT molecular complexity index is 505. The van der Waals surface area contributed by atoms with Gasteiger partial charge < -0.3 is 10.6 Å². The number of hydrogen-bond donors (Lipinski definition) is 1. The minimum Gasteiger partial charge on any atom is -0.358 e. The monoisotopic (exact) mass is 247 g/mol. The Morgan fingerprint density at radius 3 is 2.94 bits per heavy atom. The van der Waals surface area contributed by atoms with E-state index in [1.165, 1.54) is 12.8 Å². The first kappa shape index (κ1) is 12.8. The van der Waals surface area contributed by atoms with Gasteiger partial charge in [-0.2, -0.15) is 0 Å². The lowest BCUT2D eigenvalue weighted by Gasteiger charge is -2.17. The van der Waals surface area contributed by atoms with E-state index in [0.29, 0.717) is 6.54 Å². The molecule has 0 aliphatic heterocycles. The third-order valence-corrected chi connectivity index (χ3v) is 2.99. The zero-order chi connectivity index (χ0) is 13.0. The van der Waals surface area contributed by atoms with E-state index in [9.17, 15) is 0 Å². The summed E-state index contributed by atoms with van der Waals surface area (Å²) in [6.07, 6.45) is 5.13. The van der Waals surface area contributed by atoms with Gasteiger partial charge in [-0.3, -0.25) is 0 Å². The van der Waals surface area contributed by atoms with Gasteiger partial charge in [0.05, 0.1) is 11.9 Å². The number of aromatic nitrogens is 3. The van der Waals surface area contributed by atoms with Gasteiger partial charge in [0.25, 0.3) is 0 Å². The summed E-state index contributed by atoms with van der Waals surface area (Å²) in [5.41, 5.74) is 7.42. The number of nitrogens with zero attached hydrogens (tertiary/aromatic N) is 4. The van der Waals surface area contributed by atoms with Crippen LogP contribution in [0.25, 0.3) is 5.65 Å². The van der Waals surface area contributed by atoms with Crippen LogP contribution in [-0.2, 0) is 6.42 Å². The number of anilines is 1. The smallest absolute Gasteiger partial charge is 0.153 e. The Morgan fingerprint density at radius 1 is 1.39 bits per heavy atom. The first-order valence-corrected chi connectivity index (χ1v) is 6.51. The van der Waals surface area contributed by atoms with Crippen LogP contribution in [0.1, 0.15) is 25.5 Å². The standard InChI is InChI=1S/C13H21N5/c1-3-4-9-17(2)13-6-5-12-15-11(7-8-14)10-18(12)16-13/h5-6,10H,3-4,7-9,14H2,1-2H3. The molecule has 0 radical (unpaired) electrons. The Labute approximate surface area is 108 Å². The third-order valence-electron chi connectivity index (χ3n) is 2.99. The van der Waals surface area contributed by atoms with Crippen molar-refractivity contribution in [3.8, 4) is 0 Å². The van der Waals surface area contributed by atoms with Gasteiger partial charge in [0, 0.05) is 20.0 Å². The number of imidazole rings is 1. The summed E-state index contributed by atoms with van der Waals surface area (Å²) < 4.78 is 1.84. The molecule has 0 saturated carbocycles. The molecule has 98 valence electrons. The number of unbranched alkanes of at least 4 members (excludes halogenated alkanes) is 1. The average molecular weight is 247 g/mol. The van der Waals surface area contributed by atoms with Gasteiger partial charge in [0.2, 0.25) is 0 Å². The Hall–Kier alpha value is -1.62. The van der Waals surface area contributed by atoms with Crippen molar-refractivity contribution in [2.45, 2.75) is 26.2 Å². The van der Waals surface area contributed by atoms with Crippen molar-refractivity contribution in [2.75, 3.05) is 25.0 Å². The molecule has 2 aromatic heterocycles. The van der Waals surface area contributed by atoms with Crippen molar-refractivity contribution >= 4 is 11.5 Å². The predicted octanol–water partition coefficient (Wildman–Crippen LogP) is 1.47. The molecule has 0 amide bonds. The van der Waals surface area contributed by atoms with E-state index in [1.54, 1.807) is 0 Å². The molecule has 5 heteroatoms. The normalized spacial score (nSPS) is 11.1. The van der Waals surface area contributed by atoms with Crippen molar-refractivity contribution in [1.82, 2.24) is 14.6 Å². The van der Waals surface area contributed by atoms with E-state index in [4.69, 9.17) is 5.73 Å². The minimum absolute atomic E-state index is 0.618. The lowest BCUT2D eigenvalue weighted by Crippen LogP contribution is -2.20. The molecular formula is C13H21N5. The number of rotatable bonds is 6. The maximum atomic E-state index is 5.54. The molecule has 0 aliphatic rings. The summed E-state index contributed by atoms with van der Waals surface area (Å²) in [7, 11) is 2.07. The lowest BCUT2D eigenvalue weighted by molar-refractivity contribution is 0.748. The summed E-state index contributed by atoms with van der Waals surface area (Å²) in [4.78, 5) is 6.64. The Balaban J connectivity index is 2.20. The molecule has 2 N–H and O–H groups in total. The number of hydrogen-bond acceptors (Lipinski definition) is 4. The highest BCUT2D eigenvalue weighted by Gasteiger charge is 2.06. The molecule has 2 heterocycles. The highest BCUT2D eigenvalue weighted by atomic mass is 15.3. The highest BCUT2D eigenvalue weighted by Crippen LogP contribution is 2.12. The molecule has 0 aromatic carbocycles. The molecule has 0 atom stereocenters. The fraction of sp³-hybridized carbons (Fsp3) is 0.538. The van der Waals surface area contributed by atoms with Gasteiger partial charge >= 0.3 is 0 Å². The molecule has 0 bridgehead atoms. The SMILES string of the molecule is CCCCN(C)c1ccc2nc(CCN)cn2n1. The second kappa shape index (κ2) is 5.82. The molecule has 18 heavy (non-hydrogen) atoms. The third kappa shape index (κ3) is 2.79. The first-order chi connectivity index (χ1) is 8.74. The molecule has 0 spiro atoms. The van der Waals surface area contributed by atoms with Gasteiger partial charge in [0.15, 0.2) is 5.65 Å². The van der Waals surface area contributed by atoms with Gasteiger partial charge in [-0.15, -0.1) is 5.10 Å². The second-order valence-electron chi connectivity index (χ2n) is 4.54. The second-order valence-corrected chi connectivity index (χ2v) is 4.54. The fourth-order valence-corrected chi connectivity index (χ4v) is 1.90. The molecule has 2 aromatic rings. The van der Waals surface area contributed by atoms with Crippen LogP contribution >= 0.6 is 0 Å². The van der Waals surface area contributed by atoms with Crippen molar-refractivity contribution in [3.63, 3.8) is 0 Å². The molecular weight excluding hydrogens is 226 g/mol. The molecule has 0 unspecified atom stereocenters. The minimum atomic E-state index is 0.618. The van der Waals surface area contributed by atoms with Crippen molar-refractivity contribution in [1.29, 1.82) is 0 Å². The zero-order valence-corrected chi connectivity index (χ0v) is 11.1. The van der Waals surface area contributed by atoms with Crippen molar-refractivity contribution in [3.05, 3.63) is 24.0 Å². The molecule has 2 rings (SSSR count). The van der Waals surface area contributed by atoms with Gasteiger partial charge in [-0.05, 0) is 25.1 Å². The molecule has 0 aliphatic carbocycles. The summed E-state index contributed by atoms with van der Waals surface area (Å²) in [5, 5.41) is 4.57. The van der Waals surface area contributed by atoms with Crippen molar-refractivity contribution < 1.29 is 0 Å². The van der Waals surface area contributed by atoms with Crippen LogP contribution in [0.5, 0.6) is 0 Å². The summed E-state index contributed by atoms with van der Waals surface area (Å²) in [6.45, 7) is 3.84. The predicted molar refractivity (Wildman–Crippen MR) is 73.9 cm³/mol. The van der Waals surface area contributed by atoms with Crippen LogP contribution in [0.4, 0.5) is 5.82 Å². The van der Waals surface area contributed by atoms with E-state index in [0.717, 1.165) is 30.1 Å². The zero-order valence-electron chi connectivity index (χ0n) is 11.1. The summed E-state index contributed by atoms with van der Waals surface area (Å²) >= 11 is 0. The van der Waals surface area contributed by atoms with Crippen molar-refractivity contribution in [2.24, 2.45) is 5.73 Å². The largest absolute Gasteiger partial charge is 0.358 e. The van der Waals surface area contributed by atoms with Crippen LogP contribution in [0.3, 0.4) is 0 Å². The van der Waals surface area contributed by atoms with E-state index in [1.807, 2.05) is 22.8 Å². The lowest BCUT2D eigenvalue weighted by atomic mass is 10.3. The van der Waals surface area contributed by atoms with E-state index in [2.05, 4.69) is 29.0 Å². The van der Waals surface area contributed by atoms with E-state index in [-0.39, 0.29) is 0 Å². The maximum Gasteiger partial charge on any atom is 0.153 e. The molecule has 5 nitrogen and oxygen atoms in total. The number of nitrogens with two attached hydrogens (primary N) is 1. The quantitative estimate of drug-likeness (QED) is 0.839. The van der Waals surface area contributed by atoms with Crippen LogP contribution in [0.15, 0.2) is 18.3 Å². The van der Waals surface area contributed by atoms with Crippen LogP contribution in [0.2, 0.25) is 0 Å². The van der Waals surface area contributed by atoms with Crippen LogP contribution < -0.4 is 10.6 Å². The van der Waals surface area contributed by atoms with Gasteiger partial charge in [0.1, 0.15) is 5.82 Å². The Kier molecular flexibility index (Phi) is 4.15. The fourth-order valence-electron chi connectivity index (χ4n) is 1.90. The highest BCUT2D eigenvalue weighted by molar-refractivity contribution is 5.46. The van der Waals surface area contributed by atoms with Crippen LogP contribution in [-0.4, -0.2) is 34.7 Å². The molecule has 0 fully saturated rings. The maximum absolute atomic E-state index is 5.54. The topological polar surface area (TPSA) is 59.5 Å². The summed E-state index contributed by atoms with van der Waals surface area (Å²) in [5.74, 6) is 0.979. The van der Waals surface area contributed by atoms with E-state index < -0.39 is 0 Å². The summed E-state index contributed by atoms with van der Waals surface area (Å²) in [6, 6.07) is 4.02.